The number of benzene rings is 2. The van der Waals surface area contributed by atoms with Gasteiger partial charge in [0.2, 0.25) is 11.8 Å². The topological polar surface area (TPSA) is 88.5 Å². The highest BCUT2D eigenvalue weighted by Crippen LogP contribution is 2.26. The first kappa shape index (κ1) is 24.6. The molecule has 0 unspecified atom stereocenters. The Balaban J connectivity index is 1.18. The van der Waals surface area contributed by atoms with Crippen LogP contribution in [0.5, 0.6) is 5.88 Å². The predicted molar refractivity (Wildman–Crippen MR) is 145 cm³/mol. The number of nitrogens with one attached hydrogen (secondary N) is 2. The van der Waals surface area contributed by atoms with Gasteiger partial charge in [0.25, 0.3) is 0 Å². The number of ether oxygens (including phenoxy) is 1. The molecule has 1 fully saturated rings. The summed E-state index contributed by atoms with van der Waals surface area (Å²) in [5.41, 5.74) is 2.62. The molecule has 9 heteroatoms. The van der Waals surface area contributed by atoms with Crippen LogP contribution in [0.4, 0.5) is 16.2 Å². The lowest BCUT2D eigenvalue weighted by molar-refractivity contribution is -0.116. The number of hydrogen-bond donors (Lipinski definition) is 2. The van der Waals surface area contributed by atoms with Crippen LogP contribution in [0.25, 0.3) is 10.9 Å². The lowest BCUT2D eigenvalue weighted by Gasteiger charge is -2.33. The maximum absolute atomic E-state index is 12.8. The Labute approximate surface area is 220 Å². The van der Waals surface area contributed by atoms with Gasteiger partial charge >= 0.3 is 6.09 Å². The summed E-state index contributed by atoms with van der Waals surface area (Å²) in [7, 11) is 0. The van der Waals surface area contributed by atoms with Gasteiger partial charge in [-0.2, -0.15) is 0 Å². The zero-order valence-electron chi connectivity index (χ0n) is 20.3. The molecule has 1 aliphatic rings. The minimum atomic E-state index is -0.529. The molecule has 8 nitrogen and oxygen atoms in total. The van der Waals surface area contributed by atoms with Crippen LogP contribution in [0.3, 0.4) is 0 Å². The van der Waals surface area contributed by atoms with Crippen molar-refractivity contribution in [1.29, 1.82) is 0 Å². The Kier molecular flexibility index (Phi) is 7.56. The molecule has 37 heavy (non-hydrogen) atoms. The number of rotatable bonds is 7. The normalized spacial score (nSPS) is 13.9. The van der Waals surface area contributed by atoms with Crippen LogP contribution in [0, 0.1) is 5.92 Å². The lowest BCUT2D eigenvalue weighted by atomic mass is 9.96. The molecule has 1 saturated heterocycles. The summed E-state index contributed by atoms with van der Waals surface area (Å²) in [6, 6.07) is 20.3. The molecule has 0 atom stereocenters. The summed E-state index contributed by atoms with van der Waals surface area (Å²) in [6.45, 7) is 2.40. The van der Waals surface area contributed by atoms with E-state index in [2.05, 4.69) is 20.5 Å². The second-order valence-corrected chi connectivity index (χ2v) is 9.53. The van der Waals surface area contributed by atoms with E-state index in [1.54, 1.807) is 47.3 Å². The monoisotopic (exact) mass is 517 g/mol. The first-order chi connectivity index (χ1) is 18.0. The molecule has 3 heterocycles. The fourth-order valence-electron chi connectivity index (χ4n) is 4.62. The highest BCUT2D eigenvalue weighted by Gasteiger charge is 2.21. The Hall–Kier alpha value is -4.04. The molecule has 2 aromatic carbocycles. The van der Waals surface area contributed by atoms with Gasteiger partial charge < -0.3 is 24.8 Å². The number of amides is 2. The molecule has 0 radical (unpaired) electrons. The zero-order chi connectivity index (χ0) is 25.6. The van der Waals surface area contributed by atoms with Crippen molar-refractivity contribution in [2.75, 3.05) is 29.9 Å². The van der Waals surface area contributed by atoms with Gasteiger partial charge in [-0.1, -0.05) is 29.8 Å². The molecule has 190 valence electrons. The third kappa shape index (κ3) is 6.21. The second kappa shape index (κ2) is 11.3. The van der Waals surface area contributed by atoms with Gasteiger partial charge in [0.15, 0.2) is 0 Å². The predicted octanol–water partition coefficient (Wildman–Crippen LogP) is 5.33. The van der Waals surface area contributed by atoms with Crippen molar-refractivity contribution in [2.45, 2.75) is 19.4 Å². The Morgan fingerprint density at radius 2 is 1.73 bits per heavy atom. The van der Waals surface area contributed by atoms with Crippen molar-refractivity contribution >= 4 is 45.9 Å². The number of fused-ring (bicyclic) bond motifs is 1. The van der Waals surface area contributed by atoms with E-state index < -0.39 is 6.09 Å². The number of para-hydroxylation sites is 1. The number of pyridine rings is 1. The largest absolute Gasteiger partial charge is 0.413 e. The van der Waals surface area contributed by atoms with Crippen molar-refractivity contribution in [2.24, 2.45) is 5.92 Å². The number of hydrogen-bond acceptors (Lipinski definition) is 5. The summed E-state index contributed by atoms with van der Waals surface area (Å²) in [4.78, 5) is 31.9. The molecule has 2 N–H and O–H groups in total. The van der Waals surface area contributed by atoms with Gasteiger partial charge in [0, 0.05) is 59.9 Å². The molecular formula is C28H28ClN5O3. The van der Waals surface area contributed by atoms with E-state index in [0.29, 0.717) is 29.1 Å². The SMILES string of the molecule is O=C(Cn1c(OC(=O)NCC2CCN(c3ccncc3)CC2)cc2ccccc21)Nc1ccc(Cl)cc1. The van der Waals surface area contributed by atoms with E-state index in [-0.39, 0.29) is 12.5 Å². The van der Waals surface area contributed by atoms with E-state index >= 15 is 0 Å². The summed E-state index contributed by atoms with van der Waals surface area (Å²) in [5.74, 6) is 0.453. The van der Waals surface area contributed by atoms with E-state index in [1.165, 1.54) is 5.69 Å². The van der Waals surface area contributed by atoms with Crippen LogP contribution in [0.15, 0.2) is 79.1 Å². The maximum atomic E-state index is 12.8. The van der Waals surface area contributed by atoms with E-state index in [9.17, 15) is 9.59 Å². The van der Waals surface area contributed by atoms with Gasteiger partial charge in [-0.25, -0.2) is 4.79 Å². The molecule has 2 amide bonds. The summed E-state index contributed by atoms with van der Waals surface area (Å²) >= 11 is 5.93. The van der Waals surface area contributed by atoms with E-state index in [0.717, 1.165) is 36.8 Å². The first-order valence-corrected chi connectivity index (χ1v) is 12.7. The van der Waals surface area contributed by atoms with Crippen LogP contribution >= 0.6 is 11.6 Å². The Morgan fingerprint density at radius 3 is 2.49 bits per heavy atom. The van der Waals surface area contributed by atoms with Crippen LogP contribution in [0.2, 0.25) is 5.02 Å². The molecule has 5 rings (SSSR count). The minimum absolute atomic E-state index is 0.00772. The average Bonchev–Trinajstić information content (AvgIpc) is 3.26. The third-order valence-electron chi connectivity index (χ3n) is 6.58. The molecule has 0 bridgehead atoms. The standard InChI is InChI=1S/C28H28ClN5O3/c29-22-5-7-23(8-6-22)32-26(35)19-34-25-4-2-1-3-21(25)17-27(34)37-28(36)31-18-20-11-15-33(16-12-20)24-9-13-30-14-10-24/h1-10,13-14,17,20H,11-12,15-16,18-19H2,(H,31,36)(H,32,35). The summed E-state index contributed by atoms with van der Waals surface area (Å²) in [5, 5.41) is 7.24. The number of carbonyl (C=O) groups excluding carboxylic acids is 2. The number of nitrogens with zero attached hydrogens (tertiary/aromatic N) is 3. The number of anilines is 2. The average molecular weight is 518 g/mol. The van der Waals surface area contributed by atoms with Crippen molar-refractivity contribution in [3.63, 3.8) is 0 Å². The van der Waals surface area contributed by atoms with Crippen LogP contribution < -0.4 is 20.3 Å². The van der Waals surface area contributed by atoms with E-state index in [4.69, 9.17) is 16.3 Å². The smallest absolute Gasteiger partial charge is 0.393 e. The second-order valence-electron chi connectivity index (χ2n) is 9.09. The molecule has 0 saturated carbocycles. The fraction of sp³-hybridized carbons (Fsp3) is 0.250. The fourth-order valence-corrected chi connectivity index (χ4v) is 4.74. The quantitative estimate of drug-likeness (QED) is 0.346. The first-order valence-electron chi connectivity index (χ1n) is 12.3. The van der Waals surface area contributed by atoms with Gasteiger partial charge in [-0.3, -0.25) is 9.78 Å². The summed E-state index contributed by atoms with van der Waals surface area (Å²) < 4.78 is 7.38. The molecule has 4 aromatic rings. The summed E-state index contributed by atoms with van der Waals surface area (Å²) in [6.07, 6.45) is 5.04. The minimum Gasteiger partial charge on any atom is -0.393 e. The van der Waals surface area contributed by atoms with Crippen molar-refractivity contribution in [3.8, 4) is 5.88 Å². The molecule has 0 aliphatic carbocycles. The van der Waals surface area contributed by atoms with Gasteiger partial charge in [-0.05, 0) is 61.2 Å². The van der Waals surface area contributed by atoms with E-state index in [1.807, 2.05) is 36.4 Å². The molecule has 2 aromatic heterocycles. The molecule has 0 spiro atoms. The third-order valence-corrected chi connectivity index (χ3v) is 6.83. The van der Waals surface area contributed by atoms with Gasteiger partial charge in [0.05, 0.1) is 5.52 Å². The zero-order valence-corrected chi connectivity index (χ0v) is 21.0. The van der Waals surface area contributed by atoms with Crippen molar-refractivity contribution in [1.82, 2.24) is 14.9 Å². The Morgan fingerprint density at radius 1 is 1.00 bits per heavy atom. The maximum Gasteiger partial charge on any atom is 0.413 e. The Bertz CT molecular complexity index is 1370. The van der Waals surface area contributed by atoms with Crippen LogP contribution in [0.1, 0.15) is 12.8 Å². The van der Waals surface area contributed by atoms with Crippen LogP contribution in [-0.4, -0.2) is 41.2 Å². The molecule has 1 aliphatic heterocycles. The van der Waals surface area contributed by atoms with Gasteiger partial charge in [-0.15, -0.1) is 0 Å². The highest BCUT2D eigenvalue weighted by atomic mass is 35.5. The van der Waals surface area contributed by atoms with Crippen LogP contribution in [-0.2, 0) is 11.3 Å². The van der Waals surface area contributed by atoms with Crippen molar-refractivity contribution in [3.05, 3.63) is 84.1 Å². The number of carbonyl (C=O) groups is 2. The lowest BCUT2D eigenvalue weighted by Crippen LogP contribution is -2.39. The van der Waals surface area contributed by atoms with Gasteiger partial charge in [0.1, 0.15) is 6.54 Å². The number of aromatic nitrogens is 2. The number of piperidine rings is 1. The molecular weight excluding hydrogens is 490 g/mol. The number of halogens is 1. The highest BCUT2D eigenvalue weighted by molar-refractivity contribution is 6.30. The van der Waals surface area contributed by atoms with Crippen molar-refractivity contribution < 1.29 is 14.3 Å².